The zero-order valence-electron chi connectivity index (χ0n) is 12.4. The second-order valence-electron chi connectivity index (χ2n) is 5.09. The number of ether oxygens (including phenoxy) is 1. The molecule has 5 heteroatoms. The van der Waals surface area contributed by atoms with E-state index in [-0.39, 0.29) is 5.76 Å². The van der Waals surface area contributed by atoms with Crippen molar-refractivity contribution in [2.45, 2.75) is 27.2 Å². The van der Waals surface area contributed by atoms with Crippen LogP contribution in [0, 0.1) is 5.92 Å². The van der Waals surface area contributed by atoms with Gasteiger partial charge in [0.1, 0.15) is 0 Å². The fraction of sp³-hybridized carbons (Fsp3) is 0.375. The van der Waals surface area contributed by atoms with Gasteiger partial charge in [0, 0.05) is 0 Å². The predicted molar refractivity (Wildman–Crippen MR) is 81.4 cm³/mol. The molecule has 4 nitrogen and oxygen atoms in total. The smallest absolute Gasteiger partial charge is 0.376 e. The number of carbonyl (C=O) groups is 1. The topological polar surface area (TPSA) is 52.3 Å². The monoisotopic (exact) mass is 307 g/mol. The summed E-state index contributed by atoms with van der Waals surface area (Å²) in [6.07, 6.45) is 0.641. The lowest BCUT2D eigenvalue weighted by Crippen LogP contribution is -2.08. The van der Waals surface area contributed by atoms with Crippen LogP contribution in [0.5, 0.6) is 0 Å². The van der Waals surface area contributed by atoms with Crippen LogP contribution in [0.4, 0.5) is 0 Å². The van der Waals surface area contributed by atoms with Gasteiger partial charge < -0.3 is 9.15 Å². The Hall–Kier alpha value is -1.81. The highest BCUT2D eigenvalue weighted by atomic mass is 35.5. The van der Waals surface area contributed by atoms with Gasteiger partial charge in [0.05, 0.1) is 22.9 Å². The molecule has 0 fully saturated rings. The molecule has 2 aromatic rings. The number of nitrogens with zero attached hydrogens (tertiary/aromatic N) is 1. The van der Waals surface area contributed by atoms with Gasteiger partial charge in [-0.15, -0.1) is 0 Å². The fourth-order valence-electron chi connectivity index (χ4n) is 1.98. The second kappa shape index (κ2) is 6.76. The summed E-state index contributed by atoms with van der Waals surface area (Å²) >= 11 is 6.15. The molecule has 21 heavy (non-hydrogen) atoms. The Kier molecular flexibility index (Phi) is 5.02. The van der Waals surface area contributed by atoms with E-state index in [0.717, 1.165) is 0 Å². The molecule has 112 valence electrons. The minimum atomic E-state index is -0.487. The van der Waals surface area contributed by atoms with Gasteiger partial charge in [-0.25, -0.2) is 9.78 Å². The molecule has 0 amide bonds. The normalized spacial score (nSPS) is 10.9. The molecule has 0 saturated carbocycles. The maximum atomic E-state index is 12.0. The van der Waals surface area contributed by atoms with Crippen molar-refractivity contribution >= 4 is 17.6 Å². The van der Waals surface area contributed by atoms with E-state index in [0.29, 0.717) is 41.1 Å². The second-order valence-corrected chi connectivity index (χ2v) is 5.50. The van der Waals surface area contributed by atoms with Crippen molar-refractivity contribution in [1.82, 2.24) is 4.98 Å². The van der Waals surface area contributed by atoms with Crippen LogP contribution in [0.1, 0.15) is 37.0 Å². The molecule has 0 aliphatic carbocycles. The molecule has 0 aliphatic rings. The summed E-state index contributed by atoms with van der Waals surface area (Å²) in [4.78, 5) is 16.4. The maximum absolute atomic E-state index is 12.0. The average Bonchev–Trinajstić information content (AvgIpc) is 2.82. The molecule has 0 N–H and O–H groups in total. The van der Waals surface area contributed by atoms with Crippen LogP contribution in [0.2, 0.25) is 5.02 Å². The summed E-state index contributed by atoms with van der Waals surface area (Å²) in [5, 5.41) is 0.533. The first-order valence-corrected chi connectivity index (χ1v) is 7.32. The molecule has 0 unspecified atom stereocenters. The predicted octanol–water partition coefficient (Wildman–Crippen LogP) is 4.37. The Morgan fingerprint density at radius 1 is 1.38 bits per heavy atom. The first-order chi connectivity index (χ1) is 10.0. The molecule has 0 atom stereocenters. The van der Waals surface area contributed by atoms with Crippen molar-refractivity contribution in [2.24, 2.45) is 5.92 Å². The third-order valence-corrected chi connectivity index (χ3v) is 3.19. The quantitative estimate of drug-likeness (QED) is 0.770. The summed E-state index contributed by atoms with van der Waals surface area (Å²) < 4.78 is 10.7. The van der Waals surface area contributed by atoms with Crippen molar-refractivity contribution < 1.29 is 13.9 Å². The zero-order valence-corrected chi connectivity index (χ0v) is 13.1. The SMILES string of the molecule is CCOC(=O)c1oc(-c2ccccc2Cl)nc1CC(C)C. The maximum Gasteiger partial charge on any atom is 0.376 e. The van der Waals surface area contributed by atoms with Crippen molar-refractivity contribution in [3.05, 3.63) is 40.7 Å². The van der Waals surface area contributed by atoms with Crippen molar-refractivity contribution in [3.63, 3.8) is 0 Å². The van der Waals surface area contributed by atoms with Gasteiger partial charge in [0.15, 0.2) is 0 Å². The highest BCUT2D eigenvalue weighted by Crippen LogP contribution is 2.29. The van der Waals surface area contributed by atoms with Crippen LogP contribution in [0.25, 0.3) is 11.5 Å². The highest BCUT2D eigenvalue weighted by molar-refractivity contribution is 6.33. The number of aromatic nitrogens is 1. The lowest BCUT2D eigenvalue weighted by atomic mass is 10.1. The van der Waals surface area contributed by atoms with E-state index >= 15 is 0 Å². The average molecular weight is 308 g/mol. The Bertz CT molecular complexity index is 634. The first-order valence-electron chi connectivity index (χ1n) is 6.94. The number of hydrogen-bond donors (Lipinski definition) is 0. The number of carbonyl (C=O) groups excluding carboxylic acids is 1. The van der Waals surface area contributed by atoms with Crippen LogP contribution in [0.15, 0.2) is 28.7 Å². The molecule has 1 aromatic heterocycles. The summed E-state index contributed by atoms with van der Waals surface area (Å²) in [7, 11) is 0. The van der Waals surface area contributed by atoms with Crippen LogP contribution in [-0.2, 0) is 11.2 Å². The number of oxazole rings is 1. The molecule has 1 aromatic carbocycles. The molecule has 0 saturated heterocycles. The van der Waals surface area contributed by atoms with Gasteiger partial charge in [-0.05, 0) is 31.4 Å². The van der Waals surface area contributed by atoms with Gasteiger partial charge in [0.2, 0.25) is 11.7 Å². The van der Waals surface area contributed by atoms with Crippen LogP contribution in [-0.4, -0.2) is 17.6 Å². The molecular formula is C16H18ClNO3. The first kappa shape index (κ1) is 15.6. The number of benzene rings is 1. The van der Waals surface area contributed by atoms with Crippen molar-refractivity contribution in [2.75, 3.05) is 6.61 Å². The molecule has 0 aliphatic heterocycles. The van der Waals surface area contributed by atoms with E-state index in [1.807, 2.05) is 18.2 Å². The molecule has 1 heterocycles. The Labute approximate surface area is 129 Å². The van der Waals surface area contributed by atoms with E-state index in [1.165, 1.54) is 0 Å². The fourth-order valence-corrected chi connectivity index (χ4v) is 2.20. The Balaban J connectivity index is 2.45. The molecule has 0 spiro atoms. The van der Waals surface area contributed by atoms with Gasteiger partial charge in [-0.3, -0.25) is 0 Å². The van der Waals surface area contributed by atoms with Crippen LogP contribution in [0.3, 0.4) is 0 Å². The summed E-state index contributed by atoms with van der Waals surface area (Å²) in [6.45, 7) is 6.16. The summed E-state index contributed by atoms with van der Waals surface area (Å²) in [5.74, 6) is 0.376. The van der Waals surface area contributed by atoms with Gasteiger partial charge in [-0.2, -0.15) is 0 Å². The van der Waals surface area contributed by atoms with Crippen LogP contribution >= 0.6 is 11.6 Å². The lowest BCUT2D eigenvalue weighted by molar-refractivity contribution is 0.0489. The number of halogens is 1. The number of rotatable bonds is 5. The lowest BCUT2D eigenvalue weighted by Gasteiger charge is -2.02. The Morgan fingerprint density at radius 3 is 2.71 bits per heavy atom. The van der Waals surface area contributed by atoms with E-state index < -0.39 is 5.97 Å². The van der Waals surface area contributed by atoms with Gasteiger partial charge >= 0.3 is 5.97 Å². The zero-order chi connectivity index (χ0) is 15.4. The van der Waals surface area contributed by atoms with E-state index in [2.05, 4.69) is 18.8 Å². The van der Waals surface area contributed by atoms with Crippen molar-refractivity contribution in [1.29, 1.82) is 0 Å². The van der Waals surface area contributed by atoms with Crippen molar-refractivity contribution in [3.8, 4) is 11.5 Å². The third-order valence-electron chi connectivity index (χ3n) is 2.86. The largest absolute Gasteiger partial charge is 0.460 e. The third kappa shape index (κ3) is 3.64. The number of esters is 1. The van der Waals surface area contributed by atoms with Gasteiger partial charge in [-0.1, -0.05) is 37.6 Å². The van der Waals surface area contributed by atoms with E-state index in [4.69, 9.17) is 20.8 Å². The highest BCUT2D eigenvalue weighted by Gasteiger charge is 2.23. The minimum absolute atomic E-state index is 0.167. The summed E-state index contributed by atoms with van der Waals surface area (Å²) in [6, 6.07) is 7.24. The standard InChI is InChI=1S/C16H18ClNO3/c1-4-20-16(19)14-13(9-10(2)3)18-15(21-14)11-7-5-6-8-12(11)17/h5-8,10H,4,9H2,1-3H3. The minimum Gasteiger partial charge on any atom is -0.460 e. The summed E-state index contributed by atoms with van der Waals surface area (Å²) in [5.41, 5.74) is 1.28. The molecule has 0 radical (unpaired) electrons. The molecular weight excluding hydrogens is 290 g/mol. The number of hydrogen-bond acceptors (Lipinski definition) is 4. The Morgan fingerprint density at radius 2 is 2.10 bits per heavy atom. The van der Waals surface area contributed by atoms with Gasteiger partial charge in [0.25, 0.3) is 0 Å². The van der Waals surface area contributed by atoms with E-state index in [1.54, 1.807) is 13.0 Å². The molecule has 2 rings (SSSR count). The van der Waals surface area contributed by atoms with E-state index in [9.17, 15) is 4.79 Å². The van der Waals surface area contributed by atoms with Crippen LogP contribution < -0.4 is 0 Å². The molecule has 0 bridgehead atoms.